The van der Waals surface area contributed by atoms with Gasteiger partial charge < -0.3 is 10.6 Å². The number of halogens is 3. The summed E-state index contributed by atoms with van der Waals surface area (Å²) in [5.41, 5.74) is 5.34. The number of carbonyl (C=O) groups excluding carboxylic acids is 1. The maximum atomic E-state index is 12.0. The molecule has 16 heavy (non-hydrogen) atoms. The van der Waals surface area contributed by atoms with Gasteiger partial charge in [-0.1, -0.05) is 19.1 Å². The highest BCUT2D eigenvalue weighted by molar-refractivity contribution is 7.80. The van der Waals surface area contributed by atoms with Gasteiger partial charge in [-0.05, 0) is 6.92 Å². The van der Waals surface area contributed by atoms with Crippen molar-refractivity contribution in [2.24, 2.45) is 11.7 Å². The molecule has 2 N–H and O–H groups in total. The van der Waals surface area contributed by atoms with Crippen molar-refractivity contribution in [3.8, 4) is 0 Å². The van der Waals surface area contributed by atoms with Gasteiger partial charge in [0.25, 0.3) is 0 Å². The van der Waals surface area contributed by atoms with Crippen LogP contribution in [0.5, 0.6) is 0 Å². The Morgan fingerprint density at radius 3 is 2.31 bits per heavy atom. The van der Waals surface area contributed by atoms with Crippen molar-refractivity contribution < 1.29 is 18.0 Å². The zero-order chi connectivity index (χ0) is 12.9. The Labute approximate surface area is 97.8 Å². The van der Waals surface area contributed by atoms with Crippen LogP contribution in [0.25, 0.3) is 0 Å². The Kier molecular flexibility index (Phi) is 5.71. The van der Waals surface area contributed by atoms with Gasteiger partial charge in [-0.2, -0.15) is 13.2 Å². The predicted molar refractivity (Wildman–Crippen MR) is 58.9 cm³/mol. The van der Waals surface area contributed by atoms with Crippen LogP contribution in [0, 0.1) is 5.92 Å². The van der Waals surface area contributed by atoms with E-state index >= 15 is 0 Å². The van der Waals surface area contributed by atoms with Crippen LogP contribution in [0.3, 0.4) is 0 Å². The summed E-state index contributed by atoms with van der Waals surface area (Å²) in [6, 6.07) is 0. The molecule has 1 atom stereocenters. The largest absolute Gasteiger partial charge is 0.397 e. The maximum Gasteiger partial charge on any atom is 0.397 e. The van der Waals surface area contributed by atoms with Crippen LogP contribution >= 0.6 is 12.2 Å². The smallest absolute Gasteiger partial charge is 0.393 e. The lowest BCUT2D eigenvalue weighted by atomic mass is 10.1. The van der Waals surface area contributed by atoms with Gasteiger partial charge in [-0.25, -0.2) is 0 Å². The van der Waals surface area contributed by atoms with Crippen molar-refractivity contribution in [3.63, 3.8) is 0 Å². The summed E-state index contributed by atoms with van der Waals surface area (Å²) < 4.78 is 36.0. The molecule has 1 unspecified atom stereocenters. The number of alkyl halides is 3. The fraction of sp³-hybridized carbons (Fsp3) is 0.778. The molecule has 0 fully saturated rings. The molecule has 0 aliphatic heterocycles. The summed E-state index contributed by atoms with van der Waals surface area (Å²) in [5.74, 6) is -1.23. The summed E-state index contributed by atoms with van der Waals surface area (Å²) in [5, 5.41) is 0. The molecule has 0 radical (unpaired) electrons. The Hall–Kier alpha value is -0.850. The van der Waals surface area contributed by atoms with Crippen LogP contribution < -0.4 is 5.73 Å². The molecular weight excluding hydrogens is 241 g/mol. The topological polar surface area (TPSA) is 46.3 Å². The zero-order valence-electron chi connectivity index (χ0n) is 9.17. The SMILES string of the molecule is CCN(CC(C)C(N)=S)C(=O)CC(F)(F)F. The standard InChI is InChI=1S/C9H15F3N2OS/c1-3-14(5-6(2)8(13)16)7(15)4-9(10,11)12/h6H,3-5H2,1-2H3,(H2,13,16). The molecule has 0 aliphatic rings. The first-order valence-electron chi connectivity index (χ1n) is 4.81. The first-order valence-corrected chi connectivity index (χ1v) is 5.22. The van der Waals surface area contributed by atoms with Crippen molar-refractivity contribution in [1.82, 2.24) is 4.90 Å². The van der Waals surface area contributed by atoms with Gasteiger partial charge in [0, 0.05) is 19.0 Å². The third-order valence-corrected chi connectivity index (χ3v) is 2.47. The highest BCUT2D eigenvalue weighted by atomic mass is 32.1. The van der Waals surface area contributed by atoms with E-state index in [2.05, 4.69) is 0 Å². The fourth-order valence-electron chi connectivity index (χ4n) is 1.11. The minimum Gasteiger partial charge on any atom is -0.393 e. The number of nitrogens with two attached hydrogens (primary N) is 1. The van der Waals surface area contributed by atoms with Gasteiger partial charge >= 0.3 is 6.18 Å². The van der Waals surface area contributed by atoms with Gasteiger partial charge in [-0.3, -0.25) is 4.79 Å². The lowest BCUT2D eigenvalue weighted by Gasteiger charge is -2.24. The maximum absolute atomic E-state index is 12.0. The molecular formula is C9H15F3N2OS. The summed E-state index contributed by atoms with van der Waals surface area (Å²) in [6.45, 7) is 3.62. The van der Waals surface area contributed by atoms with E-state index in [0.29, 0.717) is 0 Å². The predicted octanol–water partition coefficient (Wildman–Crippen LogP) is 1.71. The van der Waals surface area contributed by atoms with Gasteiger partial charge in [0.15, 0.2) is 0 Å². The number of thiocarbonyl (C=S) groups is 1. The van der Waals surface area contributed by atoms with E-state index in [4.69, 9.17) is 18.0 Å². The molecule has 0 rings (SSSR count). The minimum absolute atomic E-state index is 0.126. The second-order valence-electron chi connectivity index (χ2n) is 3.53. The molecule has 0 heterocycles. The number of rotatable bonds is 5. The molecule has 0 bridgehead atoms. The highest BCUT2D eigenvalue weighted by Crippen LogP contribution is 2.20. The second-order valence-corrected chi connectivity index (χ2v) is 4.00. The van der Waals surface area contributed by atoms with E-state index < -0.39 is 18.5 Å². The Balaban J connectivity index is 4.39. The van der Waals surface area contributed by atoms with Crippen LogP contribution in [-0.2, 0) is 4.79 Å². The fourth-order valence-corrected chi connectivity index (χ4v) is 1.19. The normalized spacial score (nSPS) is 13.3. The molecule has 0 spiro atoms. The van der Waals surface area contributed by atoms with E-state index in [1.165, 1.54) is 0 Å². The van der Waals surface area contributed by atoms with Crippen molar-refractivity contribution >= 4 is 23.1 Å². The third-order valence-electron chi connectivity index (χ3n) is 2.07. The van der Waals surface area contributed by atoms with Gasteiger partial charge in [0.05, 0.1) is 4.99 Å². The van der Waals surface area contributed by atoms with Crippen LogP contribution in [-0.4, -0.2) is 35.1 Å². The van der Waals surface area contributed by atoms with Crippen molar-refractivity contribution in [2.75, 3.05) is 13.1 Å². The summed E-state index contributed by atoms with van der Waals surface area (Å²) in [7, 11) is 0. The van der Waals surface area contributed by atoms with E-state index in [9.17, 15) is 18.0 Å². The number of hydrogen-bond donors (Lipinski definition) is 1. The minimum atomic E-state index is -4.48. The lowest BCUT2D eigenvalue weighted by Crippen LogP contribution is -2.39. The number of nitrogens with zero attached hydrogens (tertiary/aromatic N) is 1. The lowest BCUT2D eigenvalue weighted by molar-refractivity contribution is -0.161. The first-order chi connectivity index (χ1) is 7.17. The Bertz CT molecular complexity index is 268. The van der Waals surface area contributed by atoms with Crippen molar-refractivity contribution in [3.05, 3.63) is 0 Å². The van der Waals surface area contributed by atoms with E-state index in [1.807, 2.05) is 0 Å². The van der Waals surface area contributed by atoms with E-state index in [-0.39, 0.29) is 24.0 Å². The van der Waals surface area contributed by atoms with E-state index in [0.717, 1.165) is 4.90 Å². The Morgan fingerprint density at radius 2 is 2.00 bits per heavy atom. The number of carbonyl (C=O) groups is 1. The van der Waals surface area contributed by atoms with E-state index in [1.54, 1.807) is 13.8 Å². The average molecular weight is 256 g/mol. The molecule has 3 nitrogen and oxygen atoms in total. The molecule has 7 heteroatoms. The number of amides is 1. The molecule has 0 aromatic carbocycles. The summed E-state index contributed by atoms with van der Waals surface area (Å²) in [6.07, 6.45) is -5.91. The molecule has 1 amide bonds. The molecule has 0 saturated heterocycles. The molecule has 0 aliphatic carbocycles. The molecule has 0 aromatic rings. The molecule has 0 saturated carbocycles. The van der Waals surface area contributed by atoms with Gasteiger partial charge in [0.1, 0.15) is 6.42 Å². The quantitative estimate of drug-likeness (QED) is 0.762. The van der Waals surface area contributed by atoms with Gasteiger partial charge in [-0.15, -0.1) is 0 Å². The average Bonchev–Trinajstić information content (AvgIpc) is 2.10. The monoisotopic (exact) mass is 256 g/mol. The molecule has 0 aromatic heterocycles. The third kappa shape index (κ3) is 5.89. The van der Waals surface area contributed by atoms with Crippen molar-refractivity contribution in [1.29, 1.82) is 0 Å². The van der Waals surface area contributed by atoms with Crippen molar-refractivity contribution in [2.45, 2.75) is 26.4 Å². The Morgan fingerprint density at radius 1 is 1.50 bits per heavy atom. The first kappa shape index (κ1) is 15.2. The second kappa shape index (κ2) is 6.03. The zero-order valence-corrected chi connectivity index (χ0v) is 9.99. The summed E-state index contributed by atoms with van der Waals surface area (Å²) in [4.78, 5) is 12.6. The summed E-state index contributed by atoms with van der Waals surface area (Å²) >= 11 is 4.70. The highest BCUT2D eigenvalue weighted by Gasteiger charge is 2.33. The van der Waals surface area contributed by atoms with Crippen LogP contribution in [0.1, 0.15) is 20.3 Å². The number of hydrogen-bond acceptors (Lipinski definition) is 2. The van der Waals surface area contributed by atoms with Crippen LogP contribution in [0.15, 0.2) is 0 Å². The van der Waals surface area contributed by atoms with Crippen LogP contribution in [0.2, 0.25) is 0 Å². The molecule has 94 valence electrons. The van der Waals surface area contributed by atoms with Gasteiger partial charge in [0.2, 0.25) is 5.91 Å². The van der Waals surface area contributed by atoms with Crippen LogP contribution in [0.4, 0.5) is 13.2 Å².